The molecule has 0 radical (unpaired) electrons. The Morgan fingerprint density at radius 3 is 2.09 bits per heavy atom. The number of hydrogen-bond acceptors (Lipinski definition) is 3. The van der Waals surface area contributed by atoms with Gasteiger partial charge >= 0.3 is 0 Å². The molecule has 2 N–H and O–H groups in total. The molecule has 0 saturated carbocycles. The normalized spacial score (nSPS) is 14.2. The molecule has 0 bridgehead atoms. The molecule has 3 nitrogen and oxygen atoms in total. The summed E-state index contributed by atoms with van der Waals surface area (Å²) in [6, 6.07) is 14.0. The van der Waals surface area contributed by atoms with Crippen LogP contribution < -0.4 is 0 Å². The number of phenols is 2. The first-order valence-corrected chi connectivity index (χ1v) is 8.02. The van der Waals surface area contributed by atoms with E-state index < -0.39 is 0 Å². The minimum atomic E-state index is -0.0107. The summed E-state index contributed by atoms with van der Waals surface area (Å²) in [5.41, 5.74) is 3.70. The van der Waals surface area contributed by atoms with Gasteiger partial charge in [-0.25, -0.2) is 0 Å². The molecule has 22 heavy (non-hydrogen) atoms. The van der Waals surface area contributed by atoms with Crippen molar-refractivity contribution in [1.29, 1.82) is 0 Å². The Bertz CT molecular complexity index is 594. The zero-order chi connectivity index (χ0) is 15.4. The highest BCUT2D eigenvalue weighted by Gasteiger charge is 2.20. The Morgan fingerprint density at radius 2 is 1.45 bits per heavy atom. The summed E-state index contributed by atoms with van der Waals surface area (Å²) < 4.78 is 0. The Balaban J connectivity index is 1.39. The quantitative estimate of drug-likeness (QED) is 0.629. The molecule has 3 heteroatoms. The molecule has 0 aliphatic carbocycles. The lowest BCUT2D eigenvalue weighted by atomic mass is 10.1. The van der Waals surface area contributed by atoms with E-state index in [0.29, 0.717) is 0 Å². The number of hydrogen-bond donors (Lipinski definition) is 2. The lowest BCUT2D eigenvalue weighted by Crippen LogP contribution is -2.17. The van der Waals surface area contributed by atoms with Gasteiger partial charge in [-0.05, 0) is 54.6 Å². The van der Waals surface area contributed by atoms with Crippen LogP contribution in [0.5, 0.6) is 11.5 Å². The van der Waals surface area contributed by atoms with Gasteiger partial charge in [-0.2, -0.15) is 0 Å². The lowest BCUT2D eigenvalue weighted by Gasteiger charge is -2.14. The number of benzene rings is 2. The predicted octanol–water partition coefficient (Wildman–Crippen LogP) is 3.83. The molecule has 3 rings (SSSR count). The van der Waals surface area contributed by atoms with Gasteiger partial charge in [0.2, 0.25) is 0 Å². The first-order chi connectivity index (χ1) is 10.7. The highest BCUT2D eigenvalue weighted by molar-refractivity contribution is 5.46. The van der Waals surface area contributed by atoms with Crippen molar-refractivity contribution < 1.29 is 10.2 Å². The van der Waals surface area contributed by atoms with Crippen LogP contribution in [0.2, 0.25) is 0 Å². The number of aryl methyl sites for hydroxylation is 1. The molecule has 0 aromatic heterocycles. The van der Waals surface area contributed by atoms with Crippen molar-refractivity contribution in [2.24, 2.45) is 0 Å². The fourth-order valence-electron chi connectivity index (χ4n) is 3.14. The van der Waals surface area contributed by atoms with Crippen LogP contribution in [0.4, 0.5) is 0 Å². The van der Waals surface area contributed by atoms with E-state index in [-0.39, 0.29) is 11.5 Å². The van der Waals surface area contributed by atoms with Gasteiger partial charge in [-0.15, -0.1) is 0 Å². The van der Waals surface area contributed by atoms with Gasteiger partial charge in [0, 0.05) is 13.1 Å². The van der Waals surface area contributed by atoms with Gasteiger partial charge in [0.1, 0.15) is 0 Å². The van der Waals surface area contributed by atoms with E-state index >= 15 is 0 Å². The maximum atomic E-state index is 9.56. The summed E-state index contributed by atoms with van der Waals surface area (Å²) in [6.45, 7) is 2.83. The van der Waals surface area contributed by atoms with Crippen molar-refractivity contribution >= 4 is 0 Å². The van der Waals surface area contributed by atoms with Crippen molar-refractivity contribution in [2.45, 2.75) is 38.8 Å². The Labute approximate surface area is 131 Å². The average Bonchev–Trinajstić information content (AvgIpc) is 2.90. The molecule has 2 aromatic rings. The van der Waals surface area contributed by atoms with Crippen molar-refractivity contribution in [3.8, 4) is 11.5 Å². The zero-order valence-corrected chi connectivity index (χ0v) is 12.8. The Kier molecular flexibility index (Phi) is 4.64. The van der Waals surface area contributed by atoms with E-state index in [4.69, 9.17) is 0 Å². The van der Waals surface area contributed by atoms with E-state index in [1.165, 1.54) is 24.8 Å². The van der Waals surface area contributed by atoms with E-state index in [1.807, 2.05) is 0 Å². The molecule has 1 aliphatic heterocycles. The van der Waals surface area contributed by atoms with E-state index in [9.17, 15) is 10.2 Å². The monoisotopic (exact) mass is 297 g/mol. The average molecular weight is 297 g/mol. The summed E-state index contributed by atoms with van der Waals surface area (Å²) >= 11 is 0. The topological polar surface area (TPSA) is 43.7 Å². The number of phenolic OH excluding ortho intramolecular Hbond substituents is 2. The molecule has 0 fully saturated rings. The van der Waals surface area contributed by atoms with Crippen molar-refractivity contribution in [3.05, 3.63) is 59.2 Å². The smallest absolute Gasteiger partial charge is 0.157 e. The minimum Gasteiger partial charge on any atom is -0.504 e. The van der Waals surface area contributed by atoms with Gasteiger partial charge in [0.05, 0.1) is 0 Å². The Morgan fingerprint density at radius 1 is 0.818 bits per heavy atom. The van der Waals surface area contributed by atoms with Gasteiger partial charge in [0.25, 0.3) is 0 Å². The second kappa shape index (κ2) is 6.84. The molecule has 0 amide bonds. The van der Waals surface area contributed by atoms with Crippen LogP contribution in [0, 0.1) is 0 Å². The Hall–Kier alpha value is -2.00. The van der Waals surface area contributed by atoms with Gasteiger partial charge in [-0.3, -0.25) is 4.90 Å². The van der Waals surface area contributed by atoms with E-state index in [0.717, 1.165) is 37.2 Å². The maximum Gasteiger partial charge on any atom is 0.157 e. The van der Waals surface area contributed by atoms with E-state index in [2.05, 4.69) is 35.2 Å². The highest BCUT2D eigenvalue weighted by atomic mass is 16.3. The van der Waals surface area contributed by atoms with Gasteiger partial charge in [0.15, 0.2) is 11.5 Å². The molecule has 1 heterocycles. The molecule has 0 unspecified atom stereocenters. The largest absolute Gasteiger partial charge is 0.504 e. The summed E-state index contributed by atoms with van der Waals surface area (Å²) in [7, 11) is 0. The molecule has 1 aliphatic rings. The summed E-state index contributed by atoms with van der Waals surface area (Å²) in [5.74, 6) is -0.0214. The third kappa shape index (κ3) is 3.60. The maximum absolute atomic E-state index is 9.56. The van der Waals surface area contributed by atoms with Crippen LogP contribution in [0.15, 0.2) is 42.5 Å². The summed E-state index contributed by atoms with van der Waals surface area (Å²) in [5, 5.41) is 19.1. The van der Waals surface area contributed by atoms with Crippen LogP contribution >= 0.6 is 0 Å². The molecular weight excluding hydrogens is 274 g/mol. The number of aromatic hydroxyl groups is 2. The fourth-order valence-corrected chi connectivity index (χ4v) is 3.14. The second-order valence-electron chi connectivity index (χ2n) is 6.12. The van der Waals surface area contributed by atoms with E-state index in [1.54, 1.807) is 12.1 Å². The van der Waals surface area contributed by atoms with Crippen molar-refractivity contribution in [2.75, 3.05) is 6.54 Å². The number of unbranched alkanes of at least 4 members (excludes halogenated alkanes) is 2. The second-order valence-corrected chi connectivity index (χ2v) is 6.12. The van der Waals surface area contributed by atoms with Crippen molar-refractivity contribution in [1.82, 2.24) is 4.90 Å². The van der Waals surface area contributed by atoms with Crippen LogP contribution in [0.1, 0.15) is 36.0 Å². The summed E-state index contributed by atoms with van der Waals surface area (Å²) in [6.07, 6.45) is 4.81. The van der Waals surface area contributed by atoms with Crippen molar-refractivity contribution in [3.63, 3.8) is 0 Å². The first-order valence-electron chi connectivity index (χ1n) is 8.02. The standard InChI is InChI=1S/C19H23NO2/c21-18-11-16-13-20(14-17(16)12-19(18)22)10-6-2-5-9-15-7-3-1-4-8-15/h1,3-4,7-8,11-12,21-22H,2,5-6,9-10,13-14H2. The number of rotatable bonds is 6. The summed E-state index contributed by atoms with van der Waals surface area (Å²) in [4.78, 5) is 2.38. The third-order valence-electron chi connectivity index (χ3n) is 4.37. The number of fused-ring (bicyclic) bond motifs is 1. The minimum absolute atomic E-state index is 0.0107. The molecule has 2 aromatic carbocycles. The SMILES string of the molecule is Oc1cc2c(cc1O)CN(CCCCCc1ccccc1)C2. The fraction of sp³-hybridized carbons (Fsp3) is 0.368. The molecule has 116 valence electrons. The molecule has 0 spiro atoms. The van der Waals surface area contributed by atoms with Gasteiger partial charge in [-0.1, -0.05) is 36.8 Å². The molecule has 0 atom stereocenters. The number of nitrogens with zero attached hydrogens (tertiary/aromatic N) is 1. The van der Waals surface area contributed by atoms with Gasteiger partial charge < -0.3 is 10.2 Å². The van der Waals surface area contributed by atoms with Crippen LogP contribution in [-0.4, -0.2) is 21.7 Å². The lowest BCUT2D eigenvalue weighted by molar-refractivity contribution is 0.276. The zero-order valence-electron chi connectivity index (χ0n) is 12.8. The molecular formula is C19H23NO2. The third-order valence-corrected chi connectivity index (χ3v) is 4.37. The predicted molar refractivity (Wildman–Crippen MR) is 87.9 cm³/mol. The van der Waals surface area contributed by atoms with Crippen LogP contribution in [0.25, 0.3) is 0 Å². The van der Waals surface area contributed by atoms with Crippen LogP contribution in [-0.2, 0) is 19.5 Å². The highest BCUT2D eigenvalue weighted by Crippen LogP contribution is 2.33. The first kappa shape index (κ1) is 14.9. The molecule has 0 saturated heterocycles. The van der Waals surface area contributed by atoms with Crippen LogP contribution in [0.3, 0.4) is 0 Å².